The van der Waals surface area contributed by atoms with Crippen molar-refractivity contribution in [2.75, 3.05) is 0 Å². The SMILES string of the molecule is CC(=CC=C(C)C(=O)c1c(O)cc(CCCC=CNC(=O)O)oc1=O)CCCCC(F)F. The molecule has 0 radical (unpaired) electrons. The molecule has 32 heavy (non-hydrogen) atoms. The Balaban J connectivity index is 2.72. The molecule has 0 atom stereocenters. The Hall–Kier alpha value is -3.23. The van der Waals surface area contributed by atoms with E-state index in [1.54, 1.807) is 12.2 Å². The fraction of sp³-hybridized carbons (Fsp3) is 0.435. The molecule has 0 spiro atoms. The van der Waals surface area contributed by atoms with Gasteiger partial charge in [-0.25, -0.2) is 18.4 Å². The van der Waals surface area contributed by atoms with Gasteiger partial charge in [-0.15, -0.1) is 0 Å². The van der Waals surface area contributed by atoms with Crippen molar-refractivity contribution in [1.29, 1.82) is 0 Å². The molecule has 0 aliphatic heterocycles. The van der Waals surface area contributed by atoms with E-state index in [0.29, 0.717) is 38.5 Å². The van der Waals surface area contributed by atoms with Gasteiger partial charge in [-0.1, -0.05) is 23.8 Å². The second kappa shape index (κ2) is 14.0. The minimum Gasteiger partial charge on any atom is -0.507 e. The maximum absolute atomic E-state index is 12.6. The number of Topliss-reactive ketones (excluding diaryl/α,β-unsaturated/α-hetero) is 1. The van der Waals surface area contributed by atoms with Gasteiger partial charge in [-0.3, -0.25) is 10.1 Å². The van der Waals surface area contributed by atoms with E-state index in [1.165, 1.54) is 25.3 Å². The lowest BCUT2D eigenvalue weighted by atomic mass is 10.0. The number of nitrogens with one attached hydrogen (secondary N) is 1. The Kier molecular flexibility index (Phi) is 11.7. The summed E-state index contributed by atoms with van der Waals surface area (Å²) in [6.07, 6.45) is 5.51. The summed E-state index contributed by atoms with van der Waals surface area (Å²) in [7, 11) is 0. The Morgan fingerprint density at radius 3 is 2.53 bits per heavy atom. The maximum atomic E-state index is 12.6. The van der Waals surface area contributed by atoms with Crippen LogP contribution >= 0.6 is 0 Å². The molecule has 0 aliphatic carbocycles. The van der Waals surface area contributed by atoms with Crippen molar-refractivity contribution >= 4 is 11.9 Å². The second-order valence-corrected chi connectivity index (χ2v) is 7.33. The summed E-state index contributed by atoms with van der Waals surface area (Å²) in [5, 5.41) is 20.7. The van der Waals surface area contributed by atoms with Gasteiger partial charge in [-0.05, 0) is 51.5 Å². The molecule has 0 fully saturated rings. The quantitative estimate of drug-likeness (QED) is 0.160. The van der Waals surface area contributed by atoms with Crippen LogP contribution in [0.3, 0.4) is 0 Å². The molecule has 1 heterocycles. The lowest BCUT2D eigenvalue weighted by Gasteiger charge is -2.05. The van der Waals surface area contributed by atoms with Crippen LogP contribution in [0.15, 0.2) is 50.9 Å². The average molecular weight is 453 g/mol. The summed E-state index contributed by atoms with van der Waals surface area (Å²) in [5.41, 5.74) is -0.251. The van der Waals surface area contributed by atoms with E-state index < -0.39 is 35.2 Å². The number of amides is 1. The van der Waals surface area contributed by atoms with Crippen molar-refractivity contribution < 1.29 is 33.0 Å². The molecular formula is C23H29F2NO6. The fourth-order valence-electron chi connectivity index (χ4n) is 2.79. The third-order valence-electron chi connectivity index (χ3n) is 4.55. The minimum absolute atomic E-state index is 0.135. The Morgan fingerprint density at radius 2 is 1.91 bits per heavy atom. The number of unbranched alkanes of at least 4 members (excludes halogenated alkanes) is 2. The molecule has 0 aromatic carbocycles. The highest BCUT2D eigenvalue weighted by molar-refractivity contribution is 6.09. The Labute approximate surface area is 185 Å². The van der Waals surface area contributed by atoms with Crippen molar-refractivity contribution in [3.05, 3.63) is 63.4 Å². The van der Waals surface area contributed by atoms with Crippen LogP contribution in [0.25, 0.3) is 0 Å². The van der Waals surface area contributed by atoms with Gasteiger partial charge in [0.2, 0.25) is 6.43 Å². The zero-order valence-electron chi connectivity index (χ0n) is 18.2. The lowest BCUT2D eigenvalue weighted by molar-refractivity contribution is 0.102. The van der Waals surface area contributed by atoms with Crippen molar-refractivity contribution in [1.82, 2.24) is 5.32 Å². The van der Waals surface area contributed by atoms with Gasteiger partial charge in [0, 0.05) is 25.1 Å². The number of alkyl halides is 2. The number of carboxylic acid groups (broad SMARTS) is 1. The topological polar surface area (TPSA) is 117 Å². The van der Waals surface area contributed by atoms with E-state index in [-0.39, 0.29) is 17.8 Å². The van der Waals surface area contributed by atoms with Crippen LogP contribution < -0.4 is 10.9 Å². The molecule has 1 aromatic rings. The summed E-state index contributed by atoms with van der Waals surface area (Å²) in [5.74, 6) is -0.915. The van der Waals surface area contributed by atoms with Gasteiger partial charge in [0.05, 0.1) is 0 Å². The number of aromatic hydroxyl groups is 1. The largest absolute Gasteiger partial charge is 0.507 e. The van der Waals surface area contributed by atoms with E-state index in [4.69, 9.17) is 9.52 Å². The zero-order valence-corrected chi connectivity index (χ0v) is 18.2. The van der Waals surface area contributed by atoms with Crippen molar-refractivity contribution in [3.8, 4) is 5.75 Å². The molecule has 0 aliphatic rings. The number of halogens is 2. The van der Waals surface area contributed by atoms with E-state index >= 15 is 0 Å². The first kappa shape index (κ1) is 26.8. The monoisotopic (exact) mass is 453 g/mol. The average Bonchev–Trinajstić information content (AvgIpc) is 2.71. The molecule has 176 valence electrons. The number of carbonyl (C=O) groups is 2. The van der Waals surface area contributed by atoms with Crippen LogP contribution in [0.4, 0.5) is 13.6 Å². The number of allylic oxidation sites excluding steroid dienone is 5. The molecular weight excluding hydrogens is 424 g/mol. The molecule has 9 heteroatoms. The maximum Gasteiger partial charge on any atom is 0.408 e. The molecule has 7 nitrogen and oxygen atoms in total. The van der Waals surface area contributed by atoms with Crippen LogP contribution in [-0.4, -0.2) is 28.5 Å². The van der Waals surface area contributed by atoms with Crippen molar-refractivity contribution in [3.63, 3.8) is 0 Å². The van der Waals surface area contributed by atoms with Crippen LogP contribution in [0.2, 0.25) is 0 Å². The van der Waals surface area contributed by atoms with Crippen LogP contribution in [0.5, 0.6) is 5.75 Å². The van der Waals surface area contributed by atoms with Gasteiger partial charge >= 0.3 is 11.7 Å². The molecule has 1 rings (SSSR count). The second-order valence-electron chi connectivity index (χ2n) is 7.33. The van der Waals surface area contributed by atoms with Gasteiger partial charge in [-0.2, -0.15) is 0 Å². The van der Waals surface area contributed by atoms with Gasteiger partial charge in [0.15, 0.2) is 5.78 Å². The third-order valence-corrected chi connectivity index (χ3v) is 4.55. The summed E-state index contributed by atoms with van der Waals surface area (Å²) < 4.78 is 29.4. The fourth-order valence-corrected chi connectivity index (χ4v) is 2.79. The number of carbonyl (C=O) groups excluding carboxylic acids is 1. The highest BCUT2D eigenvalue weighted by Gasteiger charge is 2.20. The summed E-state index contributed by atoms with van der Waals surface area (Å²) >= 11 is 0. The first-order valence-corrected chi connectivity index (χ1v) is 10.3. The smallest absolute Gasteiger partial charge is 0.408 e. The van der Waals surface area contributed by atoms with E-state index in [2.05, 4.69) is 5.32 Å². The zero-order chi connectivity index (χ0) is 24.1. The van der Waals surface area contributed by atoms with Crippen molar-refractivity contribution in [2.24, 2.45) is 0 Å². The van der Waals surface area contributed by atoms with Crippen LogP contribution in [0, 0.1) is 0 Å². The molecule has 0 saturated carbocycles. The van der Waals surface area contributed by atoms with Gasteiger partial charge in [0.1, 0.15) is 17.1 Å². The normalized spacial score (nSPS) is 12.5. The Morgan fingerprint density at radius 1 is 1.19 bits per heavy atom. The number of aryl methyl sites for hydroxylation is 1. The standard InChI is InChI=1S/C23H29F2NO6/c1-15(8-5-6-10-19(24)25)11-12-16(2)21(28)20-18(27)14-17(32-22(20)29)9-4-3-7-13-26-23(30)31/h7,11-14,19,26-27H,3-6,8-10H2,1-2H3,(H,30,31). The highest BCUT2D eigenvalue weighted by Crippen LogP contribution is 2.20. The number of ketones is 1. The van der Waals surface area contributed by atoms with Gasteiger partial charge in [0.25, 0.3) is 0 Å². The van der Waals surface area contributed by atoms with E-state index in [1.807, 2.05) is 6.92 Å². The Bertz CT molecular complexity index is 931. The minimum atomic E-state index is -2.30. The summed E-state index contributed by atoms with van der Waals surface area (Å²) in [4.78, 5) is 35.1. The van der Waals surface area contributed by atoms with E-state index in [0.717, 1.165) is 5.57 Å². The molecule has 1 amide bonds. The van der Waals surface area contributed by atoms with Gasteiger partial charge < -0.3 is 14.6 Å². The predicted molar refractivity (Wildman–Crippen MR) is 116 cm³/mol. The lowest BCUT2D eigenvalue weighted by Crippen LogP contribution is -2.16. The summed E-state index contributed by atoms with van der Waals surface area (Å²) in [6.45, 7) is 3.33. The molecule has 0 unspecified atom stereocenters. The van der Waals surface area contributed by atoms with Crippen LogP contribution in [0.1, 0.15) is 68.5 Å². The first-order valence-electron chi connectivity index (χ1n) is 10.3. The molecule has 3 N–H and O–H groups in total. The van der Waals surface area contributed by atoms with E-state index in [9.17, 15) is 28.3 Å². The van der Waals surface area contributed by atoms with Crippen molar-refractivity contribution in [2.45, 2.75) is 65.2 Å². The first-order chi connectivity index (χ1) is 15.1. The number of hydrogen-bond donors (Lipinski definition) is 3. The van der Waals surface area contributed by atoms with Crippen LogP contribution in [-0.2, 0) is 6.42 Å². The highest BCUT2D eigenvalue weighted by atomic mass is 19.3. The summed E-state index contributed by atoms with van der Waals surface area (Å²) in [6, 6.07) is 1.23. The third kappa shape index (κ3) is 10.2. The number of hydrogen-bond acceptors (Lipinski definition) is 5. The predicted octanol–water partition coefficient (Wildman–Crippen LogP) is 5.35. The molecule has 1 aromatic heterocycles. The molecule has 0 bridgehead atoms. The molecule has 0 saturated heterocycles. The number of rotatable bonds is 13.